The van der Waals surface area contributed by atoms with Gasteiger partial charge in [0.2, 0.25) is 5.91 Å². The molecule has 0 unspecified atom stereocenters. The molecule has 0 aliphatic heterocycles. The number of benzene rings is 1. The number of amides is 1. The Balaban J connectivity index is 1.89. The van der Waals surface area contributed by atoms with Crippen LogP contribution in [0.25, 0.3) is 10.2 Å². The summed E-state index contributed by atoms with van der Waals surface area (Å²) in [6, 6.07) is 5.48. The van der Waals surface area contributed by atoms with E-state index in [-0.39, 0.29) is 29.1 Å². The van der Waals surface area contributed by atoms with Crippen molar-refractivity contribution in [2.45, 2.75) is 44.5 Å². The molecular weight excluding hydrogens is 470 g/mol. The Labute approximate surface area is 198 Å². The first-order valence-corrected chi connectivity index (χ1v) is 12.5. The van der Waals surface area contributed by atoms with E-state index < -0.39 is 11.2 Å². The molecule has 0 saturated carbocycles. The third-order valence-corrected chi connectivity index (χ3v) is 7.12. The van der Waals surface area contributed by atoms with Crippen LogP contribution >= 0.6 is 34.7 Å². The summed E-state index contributed by atoms with van der Waals surface area (Å²) in [4.78, 5) is 46.3. The molecule has 0 aliphatic carbocycles. The fraction of sp³-hybridized carbons (Fsp3) is 0.429. The van der Waals surface area contributed by atoms with E-state index in [4.69, 9.17) is 17.3 Å². The van der Waals surface area contributed by atoms with Gasteiger partial charge in [-0.25, -0.2) is 9.78 Å². The number of nitrogen functional groups attached to an aromatic ring is 1. The summed E-state index contributed by atoms with van der Waals surface area (Å²) >= 11 is 8.80. The number of thiazole rings is 1. The number of carbonyl (C=O) groups excluding carboxylic acids is 1. The zero-order valence-corrected chi connectivity index (χ0v) is 20.6. The first-order valence-electron chi connectivity index (χ1n) is 10.3. The van der Waals surface area contributed by atoms with Gasteiger partial charge in [-0.3, -0.25) is 19.1 Å². The third-order valence-electron chi connectivity index (χ3n) is 4.72. The zero-order valence-electron chi connectivity index (χ0n) is 18.2. The predicted octanol–water partition coefficient (Wildman–Crippen LogP) is 3.96. The molecule has 0 atom stereocenters. The van der Waals surface area contributed by atoms with Crippen molar-refractivity contribution in [3.8, 4) is 0 Å². The van der Waals surface area contributed by atoms with Crippen molar-refractivity contribution in [3.63, 3.8) is 0 Å². The number of hydrogen-bond donors (Lipinski definition) is 2. The largest absolute Gasteiger partial charge is 0.383 e. The van der Waals surface area contributed by atoms with Gasteiger partial charge in [-0.2, -0.15) is 0 Å². The van der Waals surface area contributed by atoms with E-state index in [0.717, 1.165) is 21.0 Å². The van der Waals surface area contributed by atoms with Crippen LogP contribution < -0.4 is 21.9 Å². The average molecular weight is 496 g/mol. The quantitative estimate of drug-likeness (QED) is 0.434. The molecule has 0 aliphatic rings. The SMILES string of the molecule is CCCCN(C(=O)CSc1nc2cc(Cl)ccc2s1)c1c(N)n(CC(C)C)c(=O)[nH]c1=O. The molecule has 3 N–H and O–H groups in total. The highest BCUT2D eigenvalue weighted by Gasteiger charge is 2.24. The van der Waals surface area contributed by atoms with Crippen molar-refractivity contribution in [1.82, 2.24) is 14.5 Å². The standard InChI is InChI=1S/C21H26ClN5O3S2/c1-4-5-8-26(17-18(23)27(10-12(2)3)20(30)25-19(17)29)16(28)11-31-21-24-14-9-13(22)6-7-15(14)32-21/h6-7,9,12H,4-5,8,10-11,23H2,1-3H3,(H,25,29,30). The molecule has 32 heavy (non-hydrogen) atoms. The van der Waals surface area contributed by atoms with Crippen LogP contribution in [0.1, 0.15) is 33.6 Å². The van der Waals surface area contributed by atoms with E-state index >= 15 is 0 Å². The summed E-state index contributed by atoms with van der Waals surface area (Å²) in [5.74, 6) is -0.0414. The minimum Gasteiger partial charge on any atom is -0.383 e. The highest BCUT2D eigenvalue weighted by atomic mass is 35.5. The van der Waals surface area contributed by atoms with Crippen molar-refractivity contribution >= 4 is 62.3 Å². The Hall–Kier alpha value is -2.30. The number of nitrogens with zero attached hydrogens (tertiary/aromatic N) is 3. The number of rotatable bonds is 9. The van der Waals surface area contributed by atoms with E-state index in [0.29, 0.717) is 24.5 Å². The van der Waals surface area contributed by atoms with Gasteiger partial charge in [0.15, 0.2) is 10.0 Å². The molecule has 2 aromatic heterocycles. The number of fused-ring (bicyclic) bond motifs is 1. The van der Waals surface area contributed by atoms with Crippen LogP contribution in [0.2, 0.25) is 5.02 Å². The summed E-state index contributed by atoms with van der Waals surface area (Å²) in [5, 5.41) is 0.604. The number of anilines is 2. The molecule has 3 aromatic rings. The average Bonchev–Trinajstić information content (AvgIpc) is 3.13. The molecule has 172 valence electrons. The predicted molar refractivity (Wildman–Crippen MR) is 133 cm³/mol. The van der Waals surface area contributed by atoms with Gasteiger partial charge in [0.1, 0.15) is 5.82 Å². The zero-order chi connectivity index (χ0) is 23.4. The number of aromatic nitrogens is 3. The molecular formula is C21H26ClN5O3S2. The number of nitrogens with one attached hydrogen (secondary N) is 1. The van der Waals surface area contributed by atoms with Crippen LogP contribution in [0.5, 0.6) is 0 Å². The number of unbranched alkanes of at least 4 members (excludes halogenated alkanes) is 1. The molecule has 1 aromatic carbocycles. The topological polar surface area (TPSA) is 114 Å². The molecule has 0 radical (unpaired) electrons. The fourth-order valence-electron chi connectivity index (χ4n) is 3.20. The van der Waals surface area contributed by atoms with Crippen molar-refractivity contribution < 1.29 is 4.79 Å². The van der Waals surface area contributed by atoms with Crippen LogP contribution in [0.15, 0.2) is 32.1 Å². The Bertz CT molecular complexity index is 1230. The molecule has 0 saturated heterocycles. The minimum atomic E-state index is -0.656. The van der Waals surface area contributed by atoms with Gasteiger partial charge in [0, 0.05) is 18.1 Å². The van der Waals surface area contributed by atoms with Gasteiger partial charge >= 0.3 is 5.69 Å². The second-order valence-corrected chi connectivity index (χ2v) is 10.5. The Morgan fingerprint density at radius 2 is 2.12 bits per heavy atom. The highest BCUT2D eigenvalue weighted by molar-refractivity contribution is 8.01. The maximum Gasteiger partial charge on any atom is 0.330 e. The molecule has 1 amide bonds. The number of thioether (sulfide) groups is 1. The number of H-pyrrole nitrogens is 1. The number of hydrogen-bond acceptors (Lipinski definition) is 7. The lowest BCUT2D eigenvalue weighted by Crippen LogP contribution is -2.42. The molecule has 3 rings (SSSR count). The summed E-state index contributed by atoms with van der Waals surface area (Å²) in [7, 11) is 0. The molecule has 8 nitrogen and oxygen atoms in total. The van der Waals surface area contributed by atoms with Crippen LogP contribution in [-0.4, -0.2) is 32.7 Å². The van der Waals surface area contributed by atoms with Gasteiger partial charge in [0.25, 0.3) is 5.56 Å². The summed E-state index contributed by atoms with van der Waals surface area (Å²) in [5.41, 5.74) is 5.81. The van der Waals surface area contributed by atoms with Crippen molar-refractivity contribution in [1.29, 1.82) is 0 Å². The normalized spacial score (nSPS) is 11.4. The van der Waals surface area contributed by atoms with Crippen molar-refractivity contribution in [3.05, 3.63) is 44.1 Å². The maximum absolute atomic E-state index is 13.2. The lowest BCUT2D eigenvalue weighted by Gasteiger charge is -2.24. The second-order valence-electron chi connectivity index (χ2n) is 7.78. The summed E-state index contributed by atoms with van der Waals surface area (Å²) < 4.78 is 3.03. The number of carbonyl (C=O) groups is 1. The minimum absolute atomic E-state index is 0.0107. The lowest BCUT2D eigenvalue weighted by atomic mass is 10.2. The van der Waals surface area contributed by atoms with E-state index in [1.54, 1.807) is 12.1 Å². The maximum atomic E-state index is 13.2. The highest BCUT2D eigenvalue weighted by Crippen LogP contribution is 2.31. The lowest BCUT2D eigenvalue weighted by molar-refractivity contribution is -0.116. The monoisotopic (exact) mass is 495 g/mol. The van der Waals surface area contributed by atoms with Gasteiger partial charge in [-0.15, -0.1) is 11.3 Å². The number of aromatic amines is 1. The van der Waals surface area contributed by atoms with Crippen molar-refractivity contribution in [2.24, 2.45) is 5.92 Å². The third kappa shape index (κ3) is 5.54. The smallest absolute Gasteiger partial charge is 0.330 e. The van der Waals surface area contributed by atoms with Gasteiger partial charge in [-0.1, -0.05) is 50.6 Å². The molecule has 11 heteroatoms. The number of nitrogens with two attached hydrogens (primary N) is 1. The van der Waals surface area contributed by atoms with Gasteiger partial charge in [-0.05, 0) is 30.5 Å². The molecule has 0 bridgehead atoms. The Kier molecular flexibility index (Phi) is 8.02. The molecule has 0 spiro atoms. The first kappa shape index (κ1) is 24.3. The Morgan fingerprint density at radius 3 is 2.81 bits per heavy atom. The van der Waals surface area contributed by atoms with E-state index in [9.17, 15) is 14.4 Å². The summed E-state index contributed by atoms with van der Waals surface area (Å²) in [6.45, 7) is 6.56. The van der Waals surface area contributed by atoms with Crippen LogP contribution in [0, 0.1) is 5.92 Å². The van der Waals surface area contributed by atoms with Crippen LogP contribution in [0.4, 0.5) is 11.5 Å². The second kappa shape index (κ2) is 10.5. The molecule has 0 fully saturated rings. The van der Waals surface area contributed by atoms with E-state index in [2.05, 4.69) is 9.97 Å². The van der Waals surface area contributed by atoms with Crippen LogP contribution in [0.3, 0.4) is 0 Å². The van der Waals surface area contributed by atoms with Gasteiger partial charge < -0.3 is 10.6 Å². The first-order chi connectivity index (χ1) is 15.2. The molecule has 2 heterocycles. The van der Waals surface area contributed by atoms with Gasteiger partial charge in [0.05, 0.1) is 16.0 Å². The fourth-order valence-corrected chi connectivity index (χ4v) is 5.30. The van der Waals surface area contributed by atoms with Crippen molar-refractivity contribution in [2.75, 3.05) is 22.9 Å². The van der Waals surface area contributed by atoms with E-state index in [1.807, 2.05) is 26.8 Å². The summed E-state index contributed by atoms with van der Waals surface area (Å²) in [6.07, 6.45) is 1.53. The number of halogens is 1. The van der Waals surface area contributed by atoms with E-state index in [1.165, 1.54) is 32.6 Å². The Morgan fingerprint density at radius 1 is 1.38 bits per heavy atom. The van der Waals surface area contributed by atoms with Crippen LogP contribution in [-0.2, 0) is 11.3 Å².